The lowest BCUT2D eigenvalue weighted by Gasteiger charge is -2.45. The Morgan fingerprint density at radius 3 is 2.32 bits per heavy atom. The predicted molar refractivity (Wildman–Crippen MR) is 73.7 cm³/mol. The van der Waals surface area contributed by atoms with Gasteiger partial charge in [0, 0.05) is 0 Å². The van der Waals surface area contributed by atoms with Gasteiger partial charge in [-0.15, -0.1) is 0 Å². The highest BCUT2D eigenvalue weighted by Crippen LogP contribution is 2.60. The van der Waals surface area contributed by atoms with E-state index in [1.165, 1.54) is 0 Å². The molecular weight excluding hydrogens is 267 g/mol. The highest BCUT2D eigenvalue weighted by molar-refractivity contribution is 7.53. The number of amides is 1. The van der Waals surface area contributed by atoms with E-state index in [4.69, 9.17) is 5.73 Å². The van der Waals surface area contributed by atoms with Crippen LogP contribution in [0.4, 0.5) is 0 Å². The number of piperidine rings is 1. The molecule has 1 aliphatic heterocycles. The van der Waals surface area contributed by atoms with E-state index in [1.54, 1.807) is 13.8 Å². The average molecular weight is 292 g/mol. The summed E-state index contributed by atoms with van der Waals surface area (Å²) >= 11 is 0. The van der Waals surface area contributed by atoms with Crippen molar-refractivity contribution in [2.24, 2.45) is 11.7 Å². The minimum atomic E-state index is -4.22. The smallest absolute Gasteiger partial charge is 0.331 e. The van der Waals surface area contributed by atoms with Crippen LogP contribution >= 0.6 is 7.60 Å². The largest absolute Gasteiger partial charge is 0.368 e. The Morgan fingerprint density at radius 2 is 1.95 bits per heavy atom. The standard InChI is InChI=1S/C12H25N2O4P/c1-4-12(5-2,19(16,17)18)9-6-7-14(3)10(8-9)11(13)15/h9-10H,4-8H2,1-3H3,(H2,13,15)(H2,16,17,18). The van der Waals surface area contributed by atoms with Gasteiger partial charge in [-0.2, -0.15) is 0 Å². The van der Waals surface area contributed by atoms with Crippen molar-refractivity contribution in [3.05, 3.63) is 0 Å². The monoisotopic (exact) mass is 292 g/mol. The summed E-state index contributed by atoms with van der Waals surface area (Å²) < 4.78 is 11.9. The highest BCUT2D eigenvalue weighted by Gasteiger charge is 2.51. The molecule has 1 aliphatic rings. The molecule has 112 valence electrons. The third-order valence-electron chi connectivity index (χ3n) is 4.76. The van der Waals surface area contributed by atoms with Crippen molar-refractivity contribution in [2.45, 2.75) is 50.7 Å². The highest BCUT2D eigenvalue weighted by atomic mass is 31.2. The van der Waals surface area contributed by atoms with E-state index in [2.05, 4.69) is 0 Å². The molecule has 1 fully saturated rings. The molecule has 1 saturated heterocycles. The SMILES string of the molecule is CCC(CC)(C1CCN(C)C(C(N)=O)C1)P(=O)(O)O. The molecule has 19 heavy (non-hydrogen) atoms. The lowest BCUT2D eigenvalue weighted by atomic mass is 9.77. The summed E-state index contributed by atoms with van der Waals surface area (Å²) in [6.45, 7) is 4.25. The van der Waals surface area contributed by atoms with Crippen LogP contribution in [-0.2, 0) is 9.36 Å². The third-order valence-corrected chi connectivity index (χ3v) is 6.92. The summed E-state index contributed by atoms with van der Waals surface area (Å²) in [6, 6.07) is -0.428. The van der Waals surface area contributed by atoms with Crippen molar-refractivity contribution >= 4 is 13.5 Å². The van der Waals surface area contributed by atoms with Crippen LogP contribution in [0.25, 0.3) is 0 Å². The zero-order chi connectivity index (χ0) is 14.8. The first kappa shape index (κ1) is 16.6. The molecule has 1 amide bonds. The molecule has 0 saturated carbocycles. The predicted octanol–water partition coefficient (Wildman–Crippen LogP) is 0.919. The molecule has 2 unspecified atom stereocenters. The zero-order valence-electron chi connectivity index (χ0n) is 11.9. The van der Waals surface area contributed by atoms with Gasteiger partial charge in [-0.05, 0) is 45.2 Å². The van der Waals surface area contributed by atoms with Gasteiger partial charge in [0.1, 0.15) is 0 Å². The fourth-order valence-electron chi connectivity index (χ4n) is 3.38. The maximum atomic E-state index is 11.9. The van der Waals surface area contributed by atoms with Crippen LogP contribution in [0.2, 0.25) is 0 Å². The van der Waals surface area contributed by atoms with E-state index in [1.807, 2.05) is 11.9 Å². The van der Waals surface area contributed by atoms with Crippen molar-refractivity contribution in [1.29, 1.82) is 0 Å². The lowest BCUT2D eigenvalue weighted by Crippen LogP contribution is -2.52. The first-order valence-electron chi connectivity index (χ1n) is 6.74. The van der Waals surface area contributed by atoms with Gasteiger partial charge in [-0.3, -0.25) is 14.3 Å². The van der Waals surface area contributed by atoms with Crippen LogP contribution in [-0.4, -0.2) is 45.4 Å². The lowest BCUT2D eigenvalue weighted by molar-refractivity contribution is -0.124. The van der Waals surface area contributed by atoms with Crippen LogP contribution in [0, 0.1) is 5.92 Å². The Balaban J connectivity index is 3.06. The second-order valence-electron chi connectivity index (χ2n) is 5.47. The Bertz CT molecular complexity index is 378. The van der Waals surface area contributed by atoms with E-state index < -0.39 is 24.7 Å². The maximum absolute atomic E-state index is 11.9. The number of carbonyl (C=O) groups excluding carboxylic acids is 1. The molecular formula is C12H25N2O4P. The van der Waals surface area contributed by atoms with Gasteiger partial charge in [-0.25, -0.2) is 0 Å². The van der Waals surface area contributed by atoms with Gasteiger partial charge >= 0.3 is 7.60 Å². The molecule has 6 nitrogen and oxygen atoms in total. The molecule has 0 aliphatic carbocycles. The van der Waals surface area contributed by atoms with E-state index in [-0.39, 0.29) is 5.92 Å². The normalized spacial score (nSPS) is 26.4. The Kier molecular flexibility index (Phi) is 5.18. The third kappa shape index (κ3) is 3.02. The second kappa shape index (κ2) is 5.92. The van der Waals surface area contributed by atoms with Crippen molar-refractivity contribution < 1.29 is 19.1 Å². The van der Waals surface area contributed by atoms with Gasteiger partial charge in [0.25, 0.3) is 0 Å². The van der Waals surface area contributed by atoms with E-state index in [9.17, 15) is 19.1 Å². The fourth-order valence-corrected chi connectivity index (χ4v) is 4.92. The fraction of sp³-hybridized carbons (Fsp3) is 0.917. The number of nitrogens with zero attached hydrogens (tertiary/aromatic N) is 1. The number of likely N-dealkylation sites (tertiary alicyclic amines) is 1. The Labute approximate surface area is 114 Å². The van der Waals surface area contributed by atoms with E-state index in [0.29, 0.717) is 32.2 Å². The molecule has 0 aromatic carbocycles. The van der Waals surface area contributed by atoms with Gasteiger partial charge in [0.15, 0.2) is 0 Å². The number of carbonyl (C=O) groups is 1. The van der Waals surface area contributed by atoms with E-state index >= 15 is 0 Å². The first-order chi connectivity index (χ1) is 8.69. The topological polar surface area (TPSA) is 104 Å². The van der Waals surface area contributed by atoms with Crippen molar-refractivity contribution in [3.63, 3.8) is 0 Å². The summed E-state index contributed by atoms with van der Waals surface area (Å²) in [5, 5.41) is -1.03. The molecule has 0 aromatic heterocycles. The van der Waals surface area contributed by atoms with Crippen LogP contribution in [0.3, 0.4) is 0 Å². The molecule has 0 bridgehead atoms. The number of nitrogens with two attached hydrogens (primary N) is 1. The van der Waals surface area contributed by atoms with Crippen LogP contribution < -0.4 is 5.73 Å². The molecule has 0 spiro atoms. The quantitative estimate of drug-likeness (QED) is 0.654. The molecule has 2 atom stereocenters. The molecule has 1 heterocycles. The number of hydrogen-bond acceptors (Lipinski definition) is 3. The molecule has 1 rings (SSSR count). The Hall–Kier alpha value is -0.420. The summed E-state index contributed by atoms with van der Waals surface area (Å²) in [7, 11) is -2.40. The zero-order valence-corrected chi connectivity index (χ0v) is 12.8. The summed E-state index contributed by atoms with van der Waals surface area (Å²) in [5.74, 6) is -0.587. The van der Waals surface area contributed by atoms with Crippen LogP contribution in [0.15, 0.2) is 0 Å². The van der Waals surface area contributed by atoms with Crippen molar-refractivity contribution in [1.82, 2.24) is 4.90 Å². The van der Waals surface area contributed by atoms with Gasteiger partial charge in [-0.1, -0.05) is 13.8 Å². The van der Waals surface area contributed by atoms with Crippen LogP contribution in [0.1, 0.15) is 39.5 Å². The summed E-state index contributed by atoms with van der Waals surface area (Å²) in [6.07, 6.45) is 1.94. The summed E-state index contributed by atoms with van der Waals surface area (Å²) in [4.78, 5) is 32.8. The number of rotatable bonds is 5. The minimum absolute atomic E-state index is 0.169. The summed E-state index contributed by atoms with van der Waals surface area (Å²) in [5.41, 5.74) is 5.38. The minimum Gasteiger partial charge on any atom is -0.368 e. The molecule has 4 N–H and O–H groups in total. The number of likely N-dealkylation sites (N-methyl/N-ethyl adjacent to an activating group) is 1. The van der Waals surface area contributed by atoms with Gasteiger partial charge in [0.05, 0.1) is 11.2 Å². The second-order valence-corrected chi connectivity index (χ2v) is 7.45. The number of hydrogen-bond donors (Lipinski definition) is 3. The molecule has 0 radical (unpaired) electrons. The molecule has 0 aromatic rings. The molecule has 7 heteroatoms. The van der Waals surface area contributed by atoms with E-state index in [0.717, 1.165) is 0 Å². The maximum Gasteiger partial charge on any atom is 0.331 e. The van der Waals surface area contributed by atoms with Crippen molar-refractivity contribution in [2.75, 3.05) is 13.6 Å². The number of primary amides is 1. The Morgan fingerprint density at radius 1 is 1.42 bits per heavy atom. The first-order valence-corrected chi connectivity index (χ1v) is 8.36. The van der Waals surface area contributed by atoms with Gasteiger partial charge in [0.2, 0.25) is 5.91 Å². The van der Waals surface area contributed by atoms with Crippen molar-refractivity contribution in [3.8, 4) is 0 Å². The van der Waals surface area contributed by atoms with Crippen LogP contribution in [0.5, 0.6) is 0 Å². The van der Waals surface area contributed by atoms with Gasteiger partial charge < -0.3 is 15.5 Å². The average Bonchev–Trinajstić information content (AvgIpc) is 2.31.